The second kappa shape index (κ2) is 5.37. The van der Waals surface area contributed by atoms with Crippen LogP contribution in [0.25, 0.3) is 0 Å². The first kappa shape index (κ1) is 13.9. The molecule has 1 unspecified atom stereocenters. The maximum absolute atomic E-state index is 13.7. The predicted octanol–water partition coefficient (Wildman–Crippen LogP) is 3.70. The maximum atomic E-state index is 13.7. The molecule has 0 saturated heterocycles. The Morgan fingerprint density at radius 2 is 2.05 bits per heavy atom. The minimum Gasteiger partial charge on any atom is -0.497 e. The molecule has 2 atom stereocenters. The Kier molecular flexibility index (Phi) is 3.55. The molecule has 0 spiro atoms. The summed E-state index contributed by atoms with van der Waals surface area (Å²) in [6.45, 7) is 1.72. The van der Waals surface area contributed by atoms with Gasteiger partial charge in [-0.3, -0.25) is 0 Å². The molecule has 3 rings (SSSR count). The van der Waals surface area contributed by atoms with E-state index in [1.165, 1.54) is 6.07 Å². The number of benzene rings is 2. The fourth-order valence-electron chi connectivity index (χ4n) is 2.57. The average Bonchev–Trinajstić information content (AvgIpc) is 2.49. The molecule has 0 saturated carbocycles. The van der Waals surface area contributed by atoms with Crippen molar-refractivity contribution in [1.82, 2.24) is 0 Å². The van der Waals surface area contributed by atoms with Crippen LogP contribution in [-0.2, 0) is 0 Å². The zero-order valence-corrected chi connectivity index (χ0v) is 12.0. The number of aliphatic hydroxyl groups is 1. The molecule has 1 aliphatic heterocycles. The van der Waals surface area contributed by atoms with Crippen LogP contribution >= 0.6 is 0 Å². The summed E-state index contributed by atoms with van der Waals surface area (Å²) in [6.07, 6.45) is -0.614. The van der Waals surface area contributed by atoms with E-state index >= 15 is 0 Å². The van der Waals surface area contributed by atoms with Gasteiger partial charge in [0, 0.05) is 12.0 Å². The molecule has 21 heavy (non-hydrogen) atoms. The van der Waals surface area contributed by atoms with Crippen LogP contribution in [0.5, 0.6) is 11.5 Å². The second-order valence-electron chi connectivity index (χ2n) is 5.27. The van der Waals surface area contributed by atoms with E-state index in [1.54, 1.807) is 38.3 Å². The van der Waals surface area contributed by atoms with Crippen molar-refractivity contribution in [1.29, 1.82) is 0 Å². The van der Waals surface area contributed by atoms with Crippen molar-refractivity contribution in [2.75, 3.05) is 7.11 Å². The lowest BCUT2D eigenvalue weighted by Gasteiger charge is -2.30. The van der Waals surface area contributed by atoms with Crippen LogP contribution in [-0.4, -0.2) is 12.2 Å². The quantitative estimate of drug-likeness (QED) is 0.915. The first-order valence-corrected chi connectivity index (χ1v) is 6.87. The van der Waals surface area contributed by atoms with Crippen LogP contribution in [0.4, 0.5) is 4.39 Å². The molecule has 3 nitrogen and oxygen atoms in total. The molecule has 2 aromatic rings. The Bertz CT molecular complexity index is 669. The molecule has 0 aromatic heterocycles. The molecule has 0 aliphatic carbocycles. The molecule has 0 radical (unpaired) electrons. The number of fused-ring (bicyclic) bond motifs is 1. The Morgan fingerprint density at radius 3 is 2.76 bits per heavy atom. The van der Waals surface area contributed by atoms with Gasteiger partial charge >= 0.3 is 0 Å². The summed E-state index contributed by atoms with van der Waals surface area (Å²) in [5.74, 6) is 1.03. The third-order valence-electron chi connectivity index (χ3n) is 3.85. The molecule has 2 aromatic carbocycles. The Morgan fingerprint density at radius 1 is 1.24 bits per heavy atom. The van der Waals surface area contributed by atoms with Gasteiger partial charge < -0.3 is 14.6 Å². The second-order valence-corrected chi connectivity index (χ2v) is 5.27. The SMILES string of the molecule is COc1ccc2c(c1)[C@H](O)CC(c1ccc(C)c(F)c1)O2. The predicted molar refractivity (Wildman–Crippen MR) is 77.1 cm³/mol. The monoisotopic (exact) mass is 288 g/mol. The minimum absolute atomic E-state index is 0.258. The molecule has 110 valence electrons. The first-order chi connectivity index (χ1) is 10.1. The lowest BCUT2D eigenvalue weighted by Crippen LogP contribution is -2.19. The fourth-order valence-corrected chi connectivity index (χ4v) is 2.57. The molecule has 1 aliphatic rings. The van der Waals surface area contributed by atoms with E-state index < -0.39 is 6.10 Å². The summed E-state index contributed by atoms with van der Waals surface area (Å²) in [6, 6.07) is 10.4. The molecule has 0 bridgehead atoms. The lowest BCUT2D eigenvalue weighted by atomic mass is 9.94. The normalized spacial score (nSPS) is 20.6. The summed E-state index contributed by atoms with van der Waals surface area (Å²) in [7, 11) is 1.58. The summed E-state index contributed by atoms with van der Waals surface area (Å²) < 4.78 is 24.7. The van der Waals surface area contributed by atoms with Crippen molar-refractivity contribution >= 4 is 0 Å². The third kappa shape index (κ3) is 2.59. The first-order valence-electron chi connectivity index (χ1n) is 6.87. The van der Waals surface area contributed by atoms with Gasteiger partial charge in [0.15, 0.2) is 0 Å². The third-order valence-corrected chi connectivity index (χ3v) is 3.85. The van der Waals surface area contributed by atoms with Gasteiger partial charge in [-0.25, -0.2) is 4.39 Å². The molecule has 4 heteroatoms. The molecular formula is C17H17FO3. The number of methoxy groups -OCH3 is 1. The van der Waals surface area contributed by atoms with Gasteiger partial charge in [0.25, 0.3) is 0 Å². The van der Waals surface area contributed by atoms with Gasteiger partial charge in [0.1, 0.15) is 23.4 Å². The molecular weight excluding hydrogens is 271 g/mol. The van der Waals surface area contributed by atoms with Crippen LogP contribution in [0.15, 0.2) is 36.4 Å². The van der Waals surface area contributed by atoms with Gasteiger partial charge in [-0.15, -0.1) is 0 Å². The topological polar surface area (TPSA) is 38.7 Å². The van der Waals surface area contributed by atoms with Gasteiger partial charge in [-0.05, 0) is 42.3 Å². The van der Waals surface area contributed by atoms with Crippen molar-refractivity contribution < 1.29 is 19.0 Å². The highest BCUT2D eigenvalue weighted by Gasteiger charge is 2.28. The van der Waals surface area contributed by atoms with Gasteiger partial charge in [0.2, 0.25) is 0 Å². The molecule has 1 heterocycles. The number of hydrogen-bond donors (Lipinski definition) is 1. The average molecular weight is 288 g/mol. The van der Waals surface area contributed by atoms with E-state index in [4.69, 9.17) is 9.47 Å². The number of hydrogen-bond acceptors (Lipinski definition) is 3. The van der Waals surface area contributed by atoms with E-state index in [1.807, 2.05) is 6.07 Å². The Hall–Kier alpha value is -2.07. The summed E-state index contributed by atoms with van der Waals surface area (Å²) in [5, 5.41) is 10.3. The number of ether oxygens (including phenoxy) is 2. The van der Waals surface area contributed by atoms with E-state index in [0.29, 0.717) is 29.0 Å². The Balaban J connectivity index is 1.92. The van der Waals surface area contributed by atoms with E-state index in [2.05, 4.69) is 0 Å². The number of aryl methyl sites for hydroxylation is 1. The van der Waals surface area contributed by atoms with E-state index in [-0.39, 0.29) is 11.9 Å². The van der Waals surface area contributed by atoms with Crippen molar-refractivity contribution in [2.24, 2.45) is 0 Å². The summed E-state index contributed by atoms with van der Waals surface area (Å²) in [5.41, 5.74) is 2.04. The zero-order valence-electron chi connectivity index (χ0n) is 12.0. The van der Waals surface area contributed by atoms with Gasteiger partial charge in [0.05, 0.1) is 13.2 Å². The van der Waals surface area contributed by atoms with Crippen LogP contribution in [0.1, 0.15) is 35.3 Å². The number of aliphatic hydroxyl groups excluding tert-OH is 1. The van der Waals surface area contributed by atoms with Crippen LogP contribution in [0, 0.1) is 12.7 Å². The summed E-state index contributed by atoms with van der Waals surface area (Å²) >= 11 is 0. The molecule has 0 fully saturated rings. The summed E-state index contributed by atoms with van der Waals surface area (Å²) in [4.78, 5) is 0. The fraction of sp³-hybridized carbons (Fsp3) is 0.294. The van der Waals surface area contributed by atoms with Crippen LogP contribution in [0.3, 0.4) is 0 Å². The van der Waals surface area contributed by atoms with Crippen LogP contribution in [0.2, 0.25) is 0 Å². The van der Waals surface area contributed by atoms with E-state index in [9.17, 15) is 9.50 Å². The number of rotatable bonds is 2. The van der Waals surface area contributed by atoms with Crippen LogP contribution < -0.4 is 9.47 Å². The smallest absolute Gasteiger partial charge is 0.127 e. The standard InChI is InChI=1S/C17H17FO3/c1-10-3-4-11(7-14(10)18)17-9-15(19)13-8-12(20-2)5-6-16(13)21-17/h3-8,15,17,19H,9H2,1-2H3/t15-,17?/m1/s1. The highest BCUT2D eigenvalue weighted by Crippen LogP contribution is 2.42. The van der Waals surface area contributed by atoms with Crippen molar-refractivity contribution in [3.05, 3.63) is 58.9 Å². The lowest BCUT2D eigenvalue weighted by molar-refractivity contribution is 0.0653. The van der Waals surface area contributed by atoms with E-state index in [0.717, 1.165) is 5.56 Å². The van der Waals surface area contributed by atoms with Crippen molar-refractivity contribution in [2.45, 2.75) is 25.6 Å². The largest absolute Gasteiger partial charge is 0.497 e. The minimum atomic E-state index is -0.654. The molecule has 1 N–H and O–H groups in total. The van der Waals surface area contributed by atoms with Crippen molar-refractivity contribution in [3.63, 3.8) is 0 Å². The zero-order chi connectivity index (χ0) is 15.0. The maximum Gasteiger partial charge on any atom is 0.127 e. The Labute approximate surface area is 122 Å². The van der Waals surface area contributed by atoms with Gasteiger partial charge in [-0.1, -0.05) is 12.1 Å². The highest BCUT2D eigenvalue weighted by molar-refractivity contribution is 5.44. The molecule has 0 amide bonds. The van der Waals surface area contributed by atoms with Crippen molar-refractivity contribution in [3.8, 4) is 11.5 Å². The highest BCUT2D eigenvalue weighted by atomic mass is 19.1. The van der Waals surface area contributed by atoms with Gasteiger partial charge in [-0.2, -0.15) is 0 Å². The number of halogens is 1.